The second-order valence-corrected chi connectivity index (χ2v) is 5.86. The van der Waals surface area contributed by atoms with Gasteiger partial charge in [-0.2, -0.15) is 5.26 Å². The Kier molecular flexibility index (Phi) is 6.47. The topological polar surface area (TPSA) is 68.6 Å². The summed E-state index contributed by atoms with van der Waals surface area (Å²) in [6.07, 6.45) is 1.62. The van der Waals surface area contributed by atoms with E-state index in [1.54, 1.807) is 24.4 Å². The zero-order valence-corrected chi connectivity index (χ0v) is 14.6. The van der Waals surface area contributed by atoms with Crippen LogP contribution in [0.1, 0.15) is 6.92 Å². The number of rotatable bonds is 5. The van der Waals surface area contributed by atoms with Crippen molar-refractivity contribution in [1.82, 2.24) is 9.80 Å². The number of methoxy groups -OCH3 is 1. The molecule has 128 valence electrons. The standard InChI is InChI=1S/C17H21ClN4O2/c1-3-21-6-8-22(9-7-21)12-13(11-19)17(23)20-15-10-14(18)4-5-16(15)24-2/h4-5,10,12H,3,6-9H2,1-2H3,(H,20,23)/b13-12-. The number of hydrogen-bond donors (Lipinski definition) is 1. The maximum atomic E-state index is 12.4. The summed E-state index contributed by atoms with van der Waals surface area (Å²) >= 11 is 5.95. The van der Waals surface area contributed by atoms with Gasteiger partial charge in [0.15, 0.2) is 0 Å². The number of anilines is 1. The largest absolute Gasteiger partial charge is 0.495 e. The number of piperazine rings is 1. The number of nitrogens with zero attached hydrogens (tertiary/aromatic N) is 3. The molecule has 0 aliphatic carbocycles. The summed E-state index contributed by atoms with van der Waals surface area (Å²) in [5.41, 5.74) is 0.494. The third-order valence-electron chi connectivity index (χ3n) is 3.94. The van der Waals surface area contributed by atoms with E-state index in [2.05, 4.69) is 17.1 Å². The highest BCUT2D eigenvalue weighted by Crippen LogP contribution is 2.28. The number of halogens is 1. The van der Waals surface area contributed by atoms with Crippen molar-refractivity contribution in [2.24, 2.45) is 0 Å². The summed E-state index contributed by atoms with van der Waals surface area (Å²) in [6.45, 7) is 6.58. The van der Waals surface area contributed by atoms with E-state index < -0.39 is 5.91 Å². The fraction of sp³-hybridized carbons (Fsp3) is 0.412. The van der Waals surface area contributed by atoms with Gasteiger partial charge < -0.3 is 19.9 Å². The molecule has 1 aliphatic heterocycles. The molecule has 1 saturated heterocycles. The molecule has 0 spiro atoms. The zero-order chi connectivity index (χ0) is 17.5. The number of carbonyl (C=O) groups excluding carboxylic acids is 1. The molecule has 2 rings (SSSR count). The van der Waals surface area contributed by atoms with Gasteiger partial charge in [0, 0.05) is 37.4 Å². The Bertz CT molecular complexity index is 661. The molecule has 1 aliphatic rings. The van der Waals surface area contributed by atoms with Crippen LogP contribution in [0.3, 0.4) is 0 Å². The second-order valence-electron chi connectivity index (χ2n) is 5.42. The van der Waals surface area contributed by atoms with E-state index in [1.807, 2.05) is 11.0 Å². The highest BCUT2D eigenvalue weighted by Gasteiger charge is 2.17. The van der Waals surface area contributed by atoms with Crippen molar-refractivity contribution < 1.29 is 9.53 Å². The Labute approximate surface area is 147 Å². The molecule has 1 amide bonds. The predicted molar refractivity (Wildman–Crippen MR) is 94.0 cm³/mol. The minimum Gasteiger partial charge on any atom is -0.495 e. The van der Waals surface area contributed by atoms with Gasteiger partial charge in [-0.15, -0.1) is 0 Å². The van der Waals surface area contributed by atoms with Gasteiger partial charge in [0.2, 0.25) is 0 Å². The van der Waals surface area contributed by atoms with E-state index in [4.69, 9.17) is 16.3 Å². The quantitative estimate of drug-likeness (QED) is 0.653. The van der Waals surface area contributed by atoms with E-state index in [0.29, 0.717) is 16.5 Å². The Morgan fingerprint density at radius 1 is 1.42 bits per heavy atom. The average molecular weight is 349 g/mol. The third kappa shape index (κ3) is 4.63. The number of benzene rings is 1. The summed E-state index contributed by atoms with van der Waals surface area (Å²) in [5.74, 6) is 0.0117. The van der Waals surface area contributed by atoms with Gasteiger partial charge in [0.25, 0.3) is 5.91 Å². The molecule has 1 aromatic rings. The number of likely N-dealkylation sites (N-methyl/N-ethyl adjacent to an activating group) is 1. The maximum absolute atomic E-state index is 12.4. The number of hydrogen-bond acceptors (Lipinski definition) is 5. The lowest BCUT2D eigenvalue weighted by atomic mass is 10.2. The van der Waals surface area contributed by atoms with Gasteiger partial charge in [-0.25, -0.2) is 0 Å². The van der Waals surface area contributed by atoms with Crippen molar-refractivity contribution in [2.75, 3.05) is 45.2 Å². The Morgan fingerprint density at radius 3 is 2.71 bits per heavy atom. The van der Waals surface area contributed by atoms with Crippen LogP contribution in [0.5, 0.6) is 5.75 Å². The first-order valence-corrected chi connectivity index (χ1v) is 8.18. The molecule has 1 aromatic carbocycles. The first kappa shape index (κ1) is 18.1. The summed E-state index contributed by atoms with van der Waals surface area (Å²) < 4.78 is 5.20. The van der Waals surface area contributed by atoms with Crippen molar-refractivity contribution in [3.05, 3.63) is 35.0 Å². The minimum atomic E-state index is -0.476. The molecule has 0 atom stereocenters. The van der Waals surface area contributed by atoms with Gasteiger partial charge >= 0.3 is 0 Å². The van der Waals surface area contributed by atoms with Crippen LogP contribution in [0, 0.1) is 11.3 Å². The Morgan fingerprint density at radius 2 is 2.12 bits per heavy atom. The van der Waals surface area contributed by atoms with Crippen molar-refractivity contribution in [1.29, 1.82) is 5.26 Å². The van der Waals surface area contributed by atoms with Crippen LogP contribution < -0.4 is 10.1 Å². The smallest absolute Gasteiger partial charge is 0.267 e. The average Bonchev–Trinajstić information content (AvgIpc) is 2.60. The lowest BCUT2D eigenvalue weighted by Crippen LogP contribution is -2.44. The normalized spacial score (nSPS) is 15.8. The van der Waals surface area contributed by atoms with Gasteiger partial charge in [-0.1, -0.05) is 18.5 Å². The monoisotopic (exact) mass is 348 g/mol. The fourth-order valence-electron chi connectivity index (χ4n) is 2.50. The van der Waals surface area contributed by atoms with Crippen LogP contribution in [0.4, 0.5) is 5.69 Å². The lowest BCUT2D eigenvalue weighted by Gasteiger charge is -2.33. The summed E-state index contributed by atoms with van der Waals surface area (Å²) in [5, 5.41) is 12.5. The van der Waals surface area contributed by atoms with Gasteiger partial charge in [-0.3, -0.25) is 4.79 Å². The number of carbonyl (C=O) groups is 1. The molecular weight excluding hydrogens is 328 g/mol. The molecule has 7 heteroatoms. The number of nitriles is 1. The van der Waals surface area contributed by atoms with Gasteiger partial charge in [-0.05, 0) is 24.7 Å². The molecule has 0 radical (unpaired) electrons. The van der Waals surface area contributed by atoms with E-state index in [1.165, 1.54) is 7.11 Å². The molecular formula is C17H21ClN4O2. The van der Waals surface area contributed by atoms with Crippen molar-refractivity contribution >= 4 is 23.2 Å². The molecule has 0 bridgehead atoms. The molecule has 0 unspecified atom stereocenters. The van der Waals surface area contributed by atoms with E-state index in [0.717, 1.165) is 32.7 Å². The van der Waals surface area contributed by atoms with E-state index in [-0.39, 0.29) is 5.57 Å². The van der Waals surface area contributed by atoms with Crippen LogP contribution >= 0.6 is 11.6 Å². The predicted octanol–water partition coefficient (Wildman–Crippen LogP) is 2.33. The molecule has 1 fully saturated rings. The van der Waals surface area contributed by atoms with Crippen LogP contribution in [0.2, 0.25) is 5.02 Å². The van der Waals surface area contributed by atoms with Crippen molar-refractivity contribution in [3.63, 3.8) is 0 Å². The highest BCUT2D eigenvalue weighted by molar-refractivity contribution is 6.31. The SMILES string of the molecule is CCN1CCN(/C=C(/C#N)C(=O)Nc2cc(Cl)ccc2OC)CC1. The van der Waals surface area contributed by atoms with Crippen LogP contribution in [0.15, 0.2) is 30.0 Å². The molecule has 0 saturated carbocycles. The van der Waals surface area contributed by atoms with Gasteiger partial charge in [0.1, 0.15) is 17.4 Å². The van der Waals surface area contributed by atoms with Crippen molar-refractivity contribution in [2.45, 2.75) is 6.92 Å². The first-order chi connectivity index (χ1) is 11.6. The second kappa shape index (κ2) is 8.57. The summed E-state index contributed by atoms with van der Waals surface area (Å²) in [6, 6.07) is 6.89. The number of ether oxygens (including phenoxy) is 1. The van der Waals surface area contributed by atoms with Crippen LogP contribution in [-0.2, 0) is 4.79 Å². The van der Waals surface area contributed by atoms with E-state index >= 15 is 0 Å². The third-order valence-corrected chi connectivity index (χ3v) is 4.18. The molecule has 1 N–H and O–H groups in total. The van der Waals surface area contributed by atoms with Crippen LogP contribution in [0.25, 0.3) is 0 Å². The Hall–Kier alpha value is -2.23. The Balaban J connectivity index is 2.08. The molecule has 1 heterocycles. The van der Waals surface area contributed by atoms with Gasteiger partial charge in [0.05, 0.1) is 12.8 Å². The highest BCUT2D eigenvalue weighted by atomic mass is 35.5. The first-order valence-electron chi connectivity index (χ1n) is 7.80. The molecule has 6 nitrogen and oxygen atoms in total. The van der Waals surface area contributed by atoms with E-state index in [9.17, 15) is 10.1 Å². The van der Waals surface area contributed by atoms with Crippen molar-refractivity contribution in [3.8, 4) is 11.8 Å². The number of nitrogens with one attached hydrogen (secondary N) is 1. The van der Waals surface area contributed by atoms with Crippen LogP contribution in [-0.4, -0.2) is 55.5 Å². The number of amides is 1. The summed E-state index contributed by atoms with van der Waals surface area (Å²) in [7, 11) is 1.51. The minimum absolute atomic E-state index is 0.0574. The summed E-state index contributed by atoms with van der Waals surface area (Å²) in [4.78, 5) is 16.7. The maximum Gasteiger partial charge on any atom is 0.267 e. The lowest BCUT2D eigenvalue weighted by molar-refractivity contribution is -0.112. The fourth-order valence-corrected chi connectivity index (χ4v) is 2.67. The molecule has 24 heavy (non-hydrogen) atoms. The zero-order valence-electron chi connectivity index (χ0n) is 13.9. The molecule has 0 aromatic heterocycles.